The van der Waals surface area contributed by atoms with E-state index in [1.54, 1.807) is 19.2 Å². The van der Waals surface area contributed by atoms with Gasteiger partial charge in [-0.25, -0.2) is 17.9 Å². The van der Waals surface area contributed by atoms with Gasteiger partial charge in [0.1, 0.15) is 11.6 Å². The van der Waals surface area contributed by atoms with Gasteiger partial charge in [-0.1, -0.05) is 12.2 Å². The second-order valence-corrected chi connectivity index (χ2v) is 15.1. The lowest BCUT2D eigenvalue weighted by Gasteiger charge is -2.26. The zero-order valence-corrected chi connectivity index (χ0v) is 27.4. The summed E-state index contributed by atoms with van der Waals surface area (Å²) < 4.78 is 74.8. The number of sulfonamides is 1. The van der Waals surface area contributed by atoms with Crippen LogP contribution in [0, 0.1) is 17.8 Å². The Balaban J connectivity index is 1.22. The van der Waals surface area contributed by atoms with Crippen LogP contribution in [0.3, 0.4) is 0 Å². The molecule has 17 heteroatoms. The number of aromatic nitrogens is 2. The lowest BCUT2D eigenvalue weighted by atomic mass is 9.93. The molecule has 1 aliphatic heterocycles. The van der Waals surface area contributed by atoms with Crippen LogP contribution in [0.15, 0.2) is 48.8 Å². The number of allylic oxidation sites excluding steroid dienone is 1. The quantitative estimate of drug-likeness (QED) is 0.384. The third kappa shape index (κ3) is 7.45. The highest BCUT2D eigenvalue weighted by molar-refractivity contribution is 7.91. The van der Waals surface area contributed by atoms with E-state index >= 15 is 0 Å². The van der Waals surface area contributed by atoms with Crippen molar-refractivity contribution < 1.29 is 45.5 Å². The van der Waals surface area contributed by atoms with Gasteiger partial charge in [-0.3, -0.25) is 24.4 Å². The van der Waals surface area contributed by atoms with Gasteiger partial charge < -0.3 is 15.0 Å². The topological polar surface area (TPSA) is 169 Å². The molecule has 4 amide bonds. The number of alkyl halides is 3. The molecular formula is C32H37F3N6O7S. The Hall–Kier alpha value is -4.41. The Morgan fingerprint density at radius 1 is 1.12 bits per heavy atom. The normalized spacial score (nSPS) is 27.7. The molecule has 0 radical (unpaired) electrons. The first kappa shape index (κ1) is 34.5. The molecule has 3 fully saturated rings. The second kappa shape index (κ2) is 13.1. The summed E-state index contributed by atoms with van der Waals surface area (Å²) in [6.45, 7) is 0.421. The molecule has 1 aromatic carbocycles. The van der Waals surface area contributed by atoms with Crippen molar-refractivity contribution in [1.29, 1.82) is 0 Å². The van der Waals surface area contributed by atoms with E-state index in [9.17, 15) is 40.8 Å². The molecule has 4 aliphatic rings. The van der Waals surface area contributed by atoms with Crippen LogP contribution in [0.2, 0.25) is 0 Å². The van der Waals surface area contributed by atoms with Crippen LogP contribution >= 0.6 is 0 Å². The number of benzene rings is 1. The molecule has 2 heterocycles. The summed E-state index contributed by atoms with van der Waals surface area (Å²) in [7, 11) is -2.29. The lowest BCUT2D eigenvalue weighted by Crippen LogP contribution is -2.54. The number of halogens is 3. The maximum Gasteiger partial charge on any atom is 0.416 e. The molecule has 6 rings (SSSR count). The fourth-order valence-corrected chi connectivity index (χ4v) is 7.97. The molecule has 0 saturated heterocycles. The monoisotopic (exact) mass is 706 g/mol. The number of fused-ring (bicyclic) bond motifs is 2. The Morgan fingerprint density at radius 3 is 2.57 bits per heavy atom. The first-order valence-corrected chi connectivity index (χ1v) is 17.7. The van der Waals surface area contributed by atoms with E-state index in [4.69, 9.17) is 4.74 Å². The maximum atomic E-state index is 13.9. The van der Waals surface area contributed by atoms with Gasteiger partial charge in [0, 0.05) is 31.9 Å². The summed E-state index contributed by atoms with van der Waals surface area (Å²) in [5.41, 5.74) is -2.62. The van der Waals surface area contributed by atoms with Gasteiger partial charge in [-0.2, -0.15) is 18.3 Å². The minimum atomic E-state index is -4.69. The van der Waals surface area contributed by atoms with E-state index in [0.717, 1.165) is 24.6 Å². The van der Waals surface area contributed by atoms with Crippen molar-refractivity contribution in [2.45, 2.75) is 74.4 Å². The third-order valence-electron chi connectivity index (χ3n) is 9.58. The number of rotatable bonds is 6. The standard InChI is InChI=1S/C32H37F3N6O7S/c1-40-13-5-3-2-4-7-20-18-31(20,29(44)39-49(46,47)22-9-10-22)38-27(42)23-16-21(17-24(23)28(40)43)48-30(45)37-25-15-19(32(33,34)35)8-11-26(25)41-14-6-12-36-41/h4,6-8,11-12,14-15,20-24H,2-3,5,9-10,13,16-18H2,1H3,(H,37,45)(H,38,42)(H,39,44)/t20-,21-,23-,24-,31-/m1/s1. The highest BCUT2D eigenvalue weighted by Gasteiger charge is 2.62. The minimum Gasteiger partial charge on any atom is -0.446 e. The maximum absolute atomic E-state index is 13.9. The van der Waals surface area contributed by atoms with Crippen molar-refractivity contribution in [3.8, 4) is 5.69 Å². The van der Waals surface area contributed by atoms with E-state index in [1.165, 1.54) is 22.0 Å². The summed E-state index contributed by atoms with van der Waals surface area (Å²) in [4.78, 5) is 55.6. The number of anilines is 1. The van der Waals surface area contributed by atoms with E-state index in [-0.39, 0.29) is 36.5 Å². The number of hydrogen-bond acceptors (Lipinski definition) is 8. The summed E-state index contributed by atoms with van der Waals surface area (Å²) in [5.74, 6) is -4.31. The van der Waals surface area contributed by atoms with Crippen LogP contribution in [-0.4, -0.2) is 77.4 Å². The highest BCUT2D eigenvalue weighted by atomic mass is 32.2. The minimum absolute atomic E-state index is 0.0537. The van der Waals surface area contributed by atoms with Crippen molar-refractivity contribution in [3.63, 3.8) is 0 Å². The van der Waals surface area contributed by atoms with Gasteiger partial charge in [0.2, 0.25) is 21.8 Å². The number of amides is 4. The molecule has 3 aliphatic carbocycles. The smallest absolute Gasteiger partial charge is 0.416 e. The third-order valence-corrected chi connectivity index (χ3v) is 11.4. The predicted octanol–water partition coefficient (Wildman–Crippen LogP) is 3.52. The Bertz CT molecular complexity index is 1760. The number of nitrogens with zero attached hydrogens (tertiary/aromatic N) is 3. The zero-order valence-electron chi connectivity index (χ0n) is 26.6. The van der Waals surface area contributed by atoms with Crippen molar-refractivity contribution in [3.05, 3.63) is 54.4 Å². The fraction of sp³-hybridized carbons (Fsp3) is 0.531. The van der Waals surface area contributed by atoms with Crippen LogP contribution in [0.1, 0.15) is 56.9 Å². The van der Waals surface area contributed by atoms with Gasteiger partial charge in [0.15, 0.2) is 0 Å². The molecule has 3 N–H and O–H groups in total. The Morgan fingerprint density at radius 2 is 1.88 bits per heavy atom. The average molecular weight is 707 g/mol. The number of carbonyl (C=O) groups is 4. The van der Waals surface area contributed by atoms with Crippen molar-refractivity contribution in [2.24, 2.45) is 17.8 Å². The largest absolute Gasteiger partial charge is 0.446 e. The van der Waals surface area contributed by atoms with Crippen LogP contribution in [0.5, 0.6) is 0 Å². The van der Waals surface area contributed by atoms with Crippen molar-refractivity contribution in [2.75, 3.05) is 18.9 Å². The van der Waals surface area contributed by atoms with Gasteiger partial charge in [-0.05, 0) is 75.6 Å². The molecule has 5 atom stereocenters. The summed E-state index contributed by atoms with van der Waals surface area (Å²) in [6, 6.07) is 4.33. The molecule has 0 unspecified atom stereocenters. The van der Waals surface area contributed by atoms with Crippen molar-refractivity contribution >= 4 is 39.5 Å². The summed E-state index contributed by atoms with van der Waals surface area (Å²) in [6.07, 6.45) is 2.79. The zero-order chi connectivity index (χ0) is 35.1. The number of carbonyl (C=O) groups excluding carboxylic acids is 4. The Kier molecular flexibility index (Phi) is 9.23. The molecule has 3 saturated carbocycles. The number of nitrogens with one attached hydrogen (secondary N) is 3. The molecule has 264 valence electrons. The molecule has 13 nitrogen and oxygen atoms in total. The van der Waals surface area contributed by atoms with E-state index < -0.39 is 74.3 Å². The lowest BCUT2D eigenvalue weighted by molar-refractivity contribution is -0.140. The van der Waals surface area contributed by atoms with Crippen LogP contribution in [-0.2, 0) is 35.3 Å². The van der Waals surface area contributed by atoms with Crippen LogP contribution < -0.4 is 15.4 Å². The molecule has 49 heavy (non-hydrogen) atoms. The van der Waals surface area contributed by atoms with Crippen molar-refractivity contribution in [1.82, 2.24) is 24.7 Å². The van der Waals surface area contributed by atoms with E-state index in [0.29, 0.717) is 32.2 Å². The fourth-order valence-electron chi connectivity index (χ4n) is 6.61. The van der Waals surface area contributed by atoms with Crippen LogP contribution in [0.25, 0.3) is 5.69 Å². The van der Waals surface area contributed by atoms with Crippen LogP contribution in [0.4, 0.5) is 23.7 Å². The predicted molar refractivity (Wildman–Crippen MR) is 168 cm³/mol. The number of hydrogen-bond donors (Lipinski definition) is 3. The first-order valence-electron chi connectivity index (χ1n) is 16.2. The number of ether oxygens (including phenoxy) is 1. The highest BCUT2D eigenvalue weighted by Crippen LogP contribution is 2.47. The van der Waals surface area contributed by atoms with E-state index in [1.807, 2.05) is 6.08 Å². The van der Waals surface area contributed by atoms with Gasteiger partial charge in [0.25, 0.3) is 5.91 Å². The average Bonchev–Trinajstić information content (AvgIpc) is 3.90. The van der Waals surface area contributed by atoms with E-state index in [2.05, 4.69) is 20.5 Å². The molecular weight excluding hydrogens is 669 g/mol. The Labute approximate surface area is 280 Å². The SMILES string of the molecule is CN1CCCCC=C[C@@H]2C[C@@]2(C(=O)NS(=O)(=O)C2CC2)NC(=O)[C@@H]2C[C@@H](OC(=O)Nc3cc(C(F)(F)F)ccc3-n3cccn3)C[C@H]2C1=O. The summed E-state index contributed by atoms with van der Waals surface area (Å²) >= 11 is 0. The first-order chi connectivity index (χ1) is 23.2. The van der Waals surface area contributed by atoms with Gasteiger partial charge in [-0.15, -0.1) is 0 Å². The second-order valence-electron chi connectivity index (χ2n) is 13.1. The summed E-state index contributed by atoms with van der Waals surface area (Å²) in [5, 5.41) is 8.49. The molecule has 0 bridgehead atoms. The van der Waals surface area contributed by atoms with Gasteiger partial charge in [0.05, 0.1) is 34.0 Å². The van der Waals surface area contributed by atoms with Gasteiger partial charge >= 0.3 is 12.3 Å². The molecule has 1 aromatic heterocycles. The molecule has 0 spiro atoms. The molecule has 2 aromatic rings.